The molecule has 6 nitrogen and oxygen atoms in total. The van der Waals surface area contributed by atoms with Crippen molar-refractivity contribution < 1.29 is 9.47 Å². The Kier molecular flexibility index (Phi) is 6.49. The van der Waals surface area contributed by atoms with Crippen molar-refractivity contribution in [1.29, 1.82) is 0 Å². The molecule has 0 saturated heterocycles. The van der Waals surface area contributed by atoms with Gasteiger partial charge in [-0.3, -0.25) is 4.79 Å². The van der Waals surface area contributed by atoms with Crippen molar-refractivity contribution in [3.63, 3.8) is 0 Å². The number of nitrogens with zero attached hydrogens (tertiary/aromatic N) is 1. The Morgan fingerprint density at radius 1 is 1.33 bits per heavy atom. The number of hydrogen-bond acceptors (Lipinski definition) is 6. The Morgan fingerprint density at radius 2 is 2.15 bits per heavy atom. The Morgan fingerprint density at radius 3 is 2.89 bits per heavy atom. The maximum absolute atomic E-state index is 12.6. The number of rotatable bonds is 8. The van der Waals surface area contributed by atoms with Crippen LogP contribution in [0.4, 0.5) is 5.13 Å². The van der Waals surface area contributed by atoms with Gasteiger partial charge in [0.15, 0.2) is 10.6 Å². The predicted octanol–water partition coefficient (Wildman–Crippen LogP) is 4.29. The lowest BCUT2D eigenvalue weighted by Gasteiger charge is -2.10. The van der Waals surface area contributed by atoms with Gasteiger partial charge in [-0.05, 0) is 25.5 Å². The van der Waals surface area contributed by atoms with Crippen LogP contribution in [0.3, 0.4) is 0 Å². The van der Waals surface area contributed by atoms with Gasteiger partial charge in [0.25, 0.3) is 0 Å². The van der Waals surface area contributed by atoms with Gasteiger partial charge in [0.2, 0.25) is 0 Å². The number of benzene rings is 1. The Labute approximate surface area is 166 Å². The number of pyridine rings is 1. The predicted molar refractivity (Wildman–Crippen MR) is 111 cm³/mol. The fraction of sp³-hybridized carbons (Fsp3) is 0.368. The van der Waals surface area contributed by atoms with Crippen LogP contribution in [0.5, 0.6) is 0 Å². The Hall–Kier alpha value is -1.93. The highest BCUT2D eigenvalue weighted by atomic mass is 35.5. The highest BCUT2D eigenvalue weighted by Gasteiger charge is 2.13. The second-order valence-electron chi connectivity index (χ2n) is 6.39. The van der Waals surface area contributed by atoms with Crippen LogP contribution >= 0.6 is 22.9 Å². The minimum absolute atomic E-state index is 0.0983. The Bertz CT molecular complexity index is 984. The van der Waals surface area contributed by atoms with Crippen molar-refractivity contribution in [2.24, 2.45) is 0 Å². The highest BCUT2D eigenvalue weighted by Crippen LogP contribution is 2.29. The van der Waals surface area contributed by atoms with E-state index in [0.717, 1.165) is 10.7 Å². The summed E-state index contributed by atoms with van der Waals surface area (Å²) in [4.78, 5) is 20.4. The van der Waals surface area contributed by atoms with Gasteiger partial charge in [0, 0.05) is 30.0 Å². The molecule has 0 spiro atoms. The largest absolute Gasteiger partial charge is 0.382 e. The molecule has 0 fully saturated rings. The minimum atomic E-state index is -0.0983. The quantitative estimate of drug-likeness (QED) is 0.545. The molecule has 0 radical (unpaired) electrons. The number of nitrogens with one attached hydrogen (secondary N) is 2. The SMILES string of the molecule is COCCOCc1ccc2c(=O)cc(-c3csc(NC(C)C)n3)[nH]c2c1Cl. The van der Waals surface area contributed by atoms with Crippen LogP contribution < -0.4 is 10.7 Å². The molecule has 0 aliphatic rings. The molecule has 144 valence electrons. The third kappa shape index (κ3) is 4.68. The topological polar surface area (TPSA) is 76.2 Å². The third-order valence-electron chi connectivity index (χ3n) is 3.90. The monoisotopic (exact) mass is 407 g/mol. The van der Waals surface area contributed by atoms with E-state index in [1.165, 1.54) is 11.3 Å². The van der Waals surface area contributed by atoms with E-state index >= 15 is 0 Å². The van der Waals surface area contributed by atoms with Gasteiger partial charge < -0.3 is 19.8 Å². The lowest BCUT2D eigenvalue weighted by atomic mass is 10.1. The lowest BCUT2D eigenvalue weighted by molar-refractivity contribution is 0.0617. The Balaban J connectivity index is 1.95. The summed E-state index contributed by atoms with van der Waals surface area (Å²) in [6, 6.07) is 5.43. The average Bonchev–Trinajstić information content (AvgIpc) is 3.08. The molecule has 0 unspecified atom stereocenters. The maximum Gasteiger partial charge on any atom is 0.190 e. The number of fused-ring (bicyclic) bond motifs is 1. The zero-order valence-electron chi connectivity index (χ0n) is 15.5. The van der Waals surface area contributed by atoms with Gasteiger partial charge >= 0.3 is 0 Å². The van der Waals surface area contributed by atoms with Crippen LogP contribution in [0.25, 0.3) is 22.3 Å². The standard InChI is InChI=1S/C19H22ClN3O3S/c1-11(2)21-19-23-15(10-27-19)14-8-16(24)13-5-4-12(9-26-7-6-25-3)17(20)18(13)22-14/h4-5,8,10-11H,6-7,9H2,1-3H3,(H,21,23)(H,22,24). The van der Waals surface area contributed by atoms with E-state index < -0.39 is 0 Å². The van der Waals surface area contributed by atoms with E-state index in [2.05, 4.69) is 29.1 Å². The summed E-state index contributed by atoms with van der Waals surface area (Å²) in [7, 11) is 1.62. The molecule has 0 aliphatic carbocycles. The van der Waals surface area contributed by atoms with Crippen LogP contribution in [0, 0.1) is 0 Å². The number of aromatic nitrogens is 2. The van der Waals surface area contributed by atoms with Gasteiger partial charge in [-0.1, -0.05) is 17.7 Å². The number of hydrogen-bond donors (Lipinski definition) is 2. The summed E-state index contributed by atoms with van der Waals surface area (Å²) in [5.74, 6) is 0. The molecule has 0 bridgehead atoms. The van der Waals surface area contributed by atoms with Gasteiger partial charge in [0.05, 0.1) is 41.7 Å². The van der Waals surface area contributed by atoms with E-state index in [9.17, 15) is 4.79 Å². The number of thiazole rings is 1. The average molecular weight is 408 g/mol. The summed E-state index contributed by atoms with van der Waals surface area (Å²) < 4.78 is 10.5. The molecule has 8 heteroatoms. The summed E-state index contributed by atoms with van der Waals surface area (Å²) in [5.41, 5.74) is 2.66. The van der Waals surface area contributed by atoms with Crippen LogP contribution in [0.2, 0.25) is 5.02 Å². The number of halogens is 1. The first-order valence-electron chi connectivity index (χ1n) is 8.63. The molecule has 2 aromatic heterocycles. The van der Waals surface area contributed by atoms with Gasteiger partial charge in [-0.15, -0.1) is 11.3 Å². The van der Waals surface area contributed by atoms with E-state index in [0.29, 0.717) is 47.1 Å². The second kappa shape index (κ2) is 8.84. The first-order chi connectivity index (χ1) is 13.0. The fourth-order valence-corrected chi connectivity index (χ4v) is 3.74. The van der Waals surface area contributed by atoms with Crippen molar-refractivity contribution in [3.05, 3.63) is 44.4 Å². The number of anilines is 1. The molecule has 0 amide bonds. The molecule has 0 atom stereocenters. The number of ether oxygens (including phenoxy) is 2. The molecular weight excluding hydrogens is 386 g/mol. The number of H-pyrrole nitrogens is 1. The van der Waals surface area contributed by atoms with E-state index in [1.807, 2.05) is 11.4 Å². The lowest BCUT2D eigenvalue weighted by Crippen LogP contribution is -2.09. The van der Waals surface area contributed by atoms with Gasteiger partial charge in [0.1, 0.15) is 0 Å². The normalized spacial score (nSPS) is 11.4. The molecule has 2 heterocycles. The summed E-state index contributed by atoms with van der Waals surface area (Å²) in [6.45, 7) is 5.45. The fourth-order valence-electron chi connectivity index (χ4n) is 2.61. The first-order valence-corrected chi connectivity index (χ1v) is 9.89. The number of methoxy groups -OCH3 is 1. The molecule has 2 N–H and O–H groups in total. The van der Waals surface area contributed by atoms with Crippen LogP contribution in [0.15, 0.2) is 28.4 Å². The van der Waals surface area contributed by atoms with Crippen molar-refractivity contribution in [1.82, 2.24) is 9.97 Å². The number of aromatic amines is 1. The highest BCUT2D eigenvalue weighted by molar-refractivity contribution is 7.14. The molecule has 3 aromatic rings. The molecule has 0 saturated carbocycles. The van der Waals surface area contributed by atoms with Crippen molar-refractivity contribution in [2.75, 3.05) is 25.6 Å². The van der Waals surface area contributed by atoms with Crippen LogP contribution in [-0.4, -0.2) is 36.3 Å². The van der Waals surface area contributed by atoms with Crippen molar-refractivity contribution in [2.45, 2.75) is 26.5 Å². The van der Waals surface area contributed by atoms with E-state index in [4.69, 9.17) is 21.1 Å². The molecule has 1 aromatic carbocycles. The van der Waals surface area contributed by atoms with Gasteiger partial charge in [-0.2, -0.15) is 0 Å². The smallest absolute Gasteiger partial charge is 0.190 e. The first kappa shape index (κ1) is 19.8. The molecular formula is C19H22ClN3O3S. The second-order valence-corrected chi connectivity index (χ2v) is 7.63. The third-order valence-corrected chi connectivity index (χ3v) is 5.11. The van der Waals surface area contributed by atoms with E-state index in [1.54, 1.807) is 19.2 Å². The van der Waals surface area contributed by atoms with Crippen LogP contribution in [-0.2, 0) is 16.1 Å². The summed E-state index contributed by atoms with van der Waals surface area (Å²) >= 11 is 8.05. The van der Waals surface area contributed by atoms with Gasteiger partial charge in [-0.25, -0.2) is 4.98 Å². The molecule has 0 aliphatic heterocycles. The van der Waals surface area contributed by atoms with Crippen molar-refractivity contribution >= 4 is 39.0 Å². The maximum atomic E-state index is 12.6. The zero-order chi connectivity index (χ0) is 19.4. The minimum Gasteiger partial charge on any atom is -0.382 e. The summed E-state index contributed by atoms with van der Waals surface area (Å²) in [5, 5.41) is 7.01. The molecule has 27 heavy (non-hydrogen) atoms. The van der Waals surface area contributed by atoms with E-state index in [-0.39, 0.29) is 11.5 Å². The molecule has 3 rings (SSSR count). The van der Waals surface area contributed by atoms with Crippen molar-refractivity contribution in [3.8, 4) is 11.4 Å². The van der Waals surface area contributed by atoms with Crippen LogP contribution in [0.1, 0.15) is 19.4 Å². The zero-order valence-corrected chi connectivity index (χ0v) is 17.0. The summed E-state index contributed by atoms with van der Waals surface area (Å²) in [6.07, 6.45) is 0.